The van der Waals surface area contributed by atoms with Crippen molar-refractivity contribution in [2.24, 2.45) is 0 Å². The Morgan fingerprint density at radius 1 is 1.05 bits per heavy atom. The van der Waals surface area contributed by atoms with Gasteiger partial charge in [-0.25, -0.2) is 9.07 Å². The topological polar surface area (TPSA) is 98.6 Å². The predicted molar refractivity (Wildman–Crippen MR) is 144 cm³/mol. The van der Waals surface area contributed by atoms with Crippen molar-refractivity contribution in [2.45, 2.75) is 44.3 Å². The molecule has 1 heterocycles. The Morgan fingerprint density at radius 3 is 2.54 bits per heavy atom. The quantitative estimate of drug-likeness (QED) is 0.343. The highest BCUT2D eigenvalue weighted by atomic mass is 19.1. The Balaban J connectivity index is 1.65. The molecule has 1 fully saturated rings. The van der Waals surface area contributed by atoms with Crippen molar-refractivity contribution in [2.75, 3.05) is 19.1 Å². The highest BCUT2D eigenvalue weighted by Crippen LogP contribution is 2.39. The van der Waals surface area contributed by atoms with E-state index in [2.05, 4.69) is 15.6 Å². The minimum Gasteiger partial charge on any atom is -0.497 e. The second-order valence-electron chi connectivity index (χ2n) is 9.45. The first-order valence-corrected chi connectivity index (χ1v) is 12.9. The maximum atomic E-state index is 15.4. The first-order chi connectivity index (χ1) is 19.0. The summed E-state index contributed by atoms with van der Waals surface area (Å²) in [4.78, 5) is 29.5. The van der Waals surface area contributed by atoms with Crippen LogP contribution in [0.4, 0.5) is 10.1 Å². The summed E-state index contributed by atoms with van der Waals surface area (Å²) in [5, 5.41) is 11.4. The van der Waals surface area contributed by atoms with Crippen LogP contribution in [0.25, 0.3) is 11.0 Å². The second-order valence-corrected chi connectivity index (χ2v) is 9.45. The van der Waals surface area contributed by atoms with Gasteiger partial charge in [-0.3, -0.25) is 14.5 Å². The van der Waals surface area contributed by atoms with Crippen LogP contribution in [0.2, 0.25) is 0 Å². The number of carbonyl (C=O) groups excluding carboxylic acids is 2. The molecular formula is C29H30FN5O4. The molecule has 3 aromatic carbocycles. The van der Waals surface area contributed by atoms with Gasteiger partial charge in [0.05, 0.1) is 25.4 Å². The zero-order chi connectivity index (χ0) is 27.4. The van der Waals surface area contributed by atoms with Crippen molar-refractivity contribution in [3.63, 3.8) is 0 Å². The standard InChI is InChI=1S/C29H30FN5O4/c1-38-20-15-16-26(39-2)25(17-20)35(27(36)18-34-24-14-8-7-13-23(24)32-33-34)28(21-11-5-6-12-22(21)30)29(37)31-19-9-3-4-10-19/h5-8,11-17,19,28H,3-4,9-10,18H2,1-2H3,(H,31,37). The number of ether oxygens (including phenoxy) is 2. The number of fused-ring (bicyclic) bond motifs is 1. The summed E-state index contributed by atoms with van der Waals surface area (Å²) in [7, 11) is 2.97. The summed E-state index contributed by atoms with van der Waals surface area (Å²) in [5.41, 5.74) is 1.61. The second kappa shape index (κ2) is 11.5. The van der Waals surface area contributed by atoms with E-state index in [0.29, 0.717) is 22.5 Å². The molecule has 0 spiro atoms. The molecule has 5 rings (SSSR count). The van der Waals surface area contributed by atoms with Gasteiger partial charge in [0.2, 0.25) is 11.8 Å². The molecular weight excluding hydrogens is 501 g/mol. The van der Waals surface area contributed by atoms with Crippen LogP contribution in [0.1, 0.15) is 37.3 Å². The molecule has 10 heteroatoms. The number of benzene rings is 3. The molecule has 0 bridgehead atoms. The molecule has 1 atom stereocenters. The van der Waals surface area contributed by atoms with Gasteiger partial charge in [0.1, 0.15) is 35.4 Å². The summed E-state index contributed by atoms with van der Waals surface area (Å²) in [6, 6.07) is 16.8. The van der Waals surface area contributed by atoms with Crippen molar-refractivity contribution in [1.29, 1.82) is 0 Å². The van der Waals surface area contributed by atoms with Gasteiger partial charge in [-0.1, -0.05) is 48.4 Å². The van der Waals surface area contributed by atoms with Gasteiger partial charge in [-0.2, -0.15) is 0 Å². The first kappa shape index (κ1) is 26.1. The SMILES string of the molecule is COc1ccc(OC)c(N(C(=O)Cn2nnc3ccccc32)C(C(=O)NC2CCCC2)c2ccccc2F)c1. The third kappa shape index (κ3) is 5.41. The van der Waals surface area contributed by atoms with Crippen molar-refractivity contribution < 1.29 is 23.5 Å². The van der Waals surface area contributed by atoms with E-state index >= 15 is 4.39 Å². The molecule has 0 saturated heterocycles. The van der Waals surface area contributed by atoms with E-state index in [1.165, 1.54) is 35.9 Å². The molecule has 1 aromatic heterocycles. The number of methoxy groups -OCH3 is 2. The minimum absolute atomic E-state index is 0.0461. The molecule has 0 aliphatic heterocycles. The number of aromatic nitrogens is 3. The number of rotatable bonds is 9. The van der Waals surface area contributed by atoms with Crippen LogP contribution in [0.3, 0.4) is 0 Å². The average Bonchev–Trinajstić information content (AvgIpc) is 3.62. The van der Waals surface area contributed by atoms with Gasteiger partial charge < -0.3 is 14.8 Å². The zero-order valence-corrected chi connectivity index (χ0v) is 21.8. The smallest absolute Gasteiger partial charge is 0.249 e. The zero-order valence-electron chi connectivity index (χ0n) is 21.8. The number of halogens is 1. The third-order valence-electron chi connectivity index (χ3n) is 7.03. The molecule has 202 valence electrons. The van der Waals surface area contributed by atoms with Gasteiger partial charge in [0, 0.05) is 17.7 Å². The van der Waals surface area contributed by atoms with Crippen LogP contribution in [0.5, 0.6) is 11.5 Å². The van der Waals surface area contributed by atoms with Gasteiger partial charge in [0.15, 0.2) is 0 Å². The van der Waals surface area contributed by atoms with Crippen molar-refractivity contribution in [1.82, 2.24) is 20.3 Å². The Hall–Kier alpha value is -4.47. The van der Waals surface area contributed by atoms with Gasteiger partial charge in [-0.05, 0) is 43.2 Å². The molecule has 39 heavy (non-hydrogen) atoms. The van der Waals surface area contributed by atoms with E-state index in [-0.39, 0.29) is 23.8 Å². The summed E-state index contributed by atoms with van der Waals surface area (Å²) in [5.74, 6) is -0.823. The maximum Gasteiger partial charge on any atom is 0.249 e. The van der Waals surface area contributed by atoms with Gasteiger partial charge >= 0.3 is 0 Å². The molecule has 2 amide bonds. The van der Waals surface area contributed by atoms with Crippen LogP contribution < -0.4 is 19.7 Å². The molecule has 1 N–H and O–H groups in total. The molecule has 1 unspecified atom stereocenters. The van der Waals surface area contributed by atoms with Crippen LogP contribution >= 0.6 is 0 Å². The van der Waals surface area contributed by atoms with Crippen LogP contribution in [-0.4, -0.2) is 47.1 Å². The van der Waals surface area contributed by atoms with Crippen LogP contribution in [0, 0.1) is 5.82 Å². The highest BCUT2D eigenvalue weighted by Gasteiger charge is 2.37. The Morgan fingerprint density at radius 2 is 1.79 bits per heavy atom. The first-order valence-electron chi connectivity index (χ1n) is 12.9. The monoisotopic (exact) mass is 531 g/mol. The molecule has 1 aliphatic rings. The fraction of sp³-hybridized carbons (Fsp3) is 0.310. The molecule has 4 aromatic rings. The fourth-order valence-electron chi connectivity index (χ4n) is 5.09. The van der Waals surface area contributed by atoms with Crippen LogP contribution in [0.15, 0.2) is 66.7 Å². The molecule has 1 saturated carbocycles. The lowest BCUT2D eigenvalue weighted by molar-refractivity contribution is -0.127. The Bertz CT molecular complexity index is 1480. The largest absolute Gasteiger partial charge is 0.497 e. The van der Waals surface area contributed by atoms with Gasteiger partial charge in [0.25, 0.3) is 0 Å². The maximum absolute atomic E-state index is 15.4. The van der Waals surface area contributed by atoms with Gasteiger partial charge in [-0.15, -0.1) is 5.10 Å². The highest BCUT2D eigenvalue weighted by molar-refractivity contribution is 6.03. The van der Waals surface area contributed by atoms with E-state index in [4.69, 9.17) is 9.47 Å². The number of nitrogens with one attached hydrogen (secondary N) is 1. The number of hydrogen-bond acceptors (Lipinski definition) is 6. The normalized spacial score (nSPS) is 14.2. The lowest BCUT2D eigenvalue weighted by atomic mass is 10.0. The van der Waals surface area contributed by atoms with E-state index in [1.54, 1.807) is 42.5 Å². The third-order valence-corrected chi connectivity index (χ3v) is 7.03. The number of hydrogen-bond donors (Lipinski definition) is 1. The minimum atomic E-state index is -1.32. The molecule has 9 nitrogen and oxygen atoms in total. The Labute approximate surface area is 225 Å². The lowest BCUT2D eigenvalue weighted by Gasteiger charge is -2.33. The summed E-state index contributed by atoms with van der Waals surface area (Å²) in [6.45, 7) is -0.247. The number of anilines is 1. The predicted octanol–water partition coefficient (Wildman–Crippen LogP) is 4.42. The number of para-hydroxylation sites is 1. The molecule has 0 radical (unpaired) electrons. The van der Waals surface area contributed by atoms with Crippen molar-refractivity contribution in [3.8, 4) is 11.5 Å². The Kier molecular flexibility index (Phi) is 7.72. The lowest BCUT2D eigenvalue weighted by Crippen LogP contribution is -2.47. The summed E-state index contributed by atoms with van der Waals surface area (Å²) >= 11 is 0. The van der Waals surface area contributed by atoms with E-state index < -0.39 is 23.7 Å². The fourth-order valence-corrected chi connectivity index (χ4v) is 5.09. The molecule has 1 aliphatic carbocycles. The van der Waals surface area contributed by atoms with E-state index in [9.17, 15) is 9.59 Å². The van der Waals surface area contributed by atoms with Crippen LogP contribution in [-0.2, 0) is 16.1 Å². The number of amides is 2. The number of nitrogens with zero attached hydrogens (tertiary/aromatic N) is 4. The van der Waals surface area contributed by atoms with Crippen molar-refractivity contribution >= 4 is 28.5 Å². The summed E-state index contributed by atoms with van der Waals surface area (Å²) < 4.78 is 27.9. The number of carbonyl (C=O) groups is 2. The van der Waals surface area contributed by atoms with Crippen molar-refractivity contribution in [3.05, 3.63) is 78.1 Å². The average molecular weight is 532 g/mol. The van der Waals surface area contributed by atoms with E-state index in [1.807, 2.05) is 12.1 Å². The van der Waals surface area contributed by atoms with E-state index in [0.717, 1.165) is 25.7 Å². The summed E-state index contributed by atoms with van der Waals surface area (Å²) in [6.07, 6.45) is 3.66.